The van der Waals surface area contributed by atoms with E-state index >= 15 is 0 Å². The van der Waals surface area contributed by atoms with Crippen LogP contribution in [0.1, 0.15) is 25.8 Å². The van der Waals surface area contributed by atoms with Crippen LogP contribution in [0.5, 0.6) is 11.5 Å². The molecule has 1 aromatic rings. The van der Waals surface area contributed by atoms with Gasteiger partial charge in [0.1, 0.15) is 17.3 Å². The molecule has 3 rings (SSSR count). The number of carbonyl (C=O) groups is 1. The number of allylic oxidation sites excluding steroid dienone is 4. The summed E-state index contributed by atoms with van der Waals surface area (Å²) in [4.78, 5) is 12.7. The smallest absolute Gasteiger partial charge is 0.188 e. The molecule has 1 aliphatic carbocycles. The van der Waals surface area contributed by atoms with E-state index in [9.17, 15) is 4.79 Å². The highest BCUT2D eigenvalue weighted by molar-refractivity contribution is 6.04. The van der Waals surface area contributed by atoms with Crippen molar-refractivity contribution in [2.24, 2.45) is 11.8 Å². The lowest BCUT2D eigenvalue weighted by molar-refractivity contribution is -0.118. The van der Waals surface area contributed by atoms with Gasteiger partial charge in [0.05, 0.1) is 11.5 Å². The van der Waals surface area contributed by atoms with Crippen molar-refractivity contribution in [1.82, 2.24) is 0 Å². The van der Waals surface area contributed by atoms with Crippen molar-refractivity contribution >= 4 is 5.78 Å². The molecule has 1 aromatic carbocycles. The Balaban J connectivity index is 1.82. The Hall–Kier alpha value is -2.51. The maximum absolute atomic E-state index is 12.7. The molecule has 4 heteroatoms. The summed E-state index contributed by atoms with van der Waals surface area (Å²) < 4.78 is 16.3. The first-order valence-electron chi connectivity index (χ1n) is 8.52. The molecule has 130 valence electrons. The lowest BCUT2D eigenvalue weighted by Crippen LogP contribution is -2.29. The van der Waals surface area contributed by atoms with Gasteiger partial charge < -0.3 is 14.2 Å². The minimum Gasteiger partial charge on any atom is -0.467 e. The summed E-state index contributed by atoms with van der Waals surface area (Å²) in [6, 6.07) is 5.63. The van der Waals surface area contributed by atoms with Crippen molar-refractivity contribution in [3.63, 3.8) is 0 Å². The Bertz CT molecular complexity index is 792. The van der Waals surface area contributed by atoms with Gasteiger partial charge in [-0.1, -0.05) is 31.8 Å². The van der Waals surface area contributed by atoms with Gasteiger partial charge in [-0.15, -0.1) is 0 Å². The van der Waals surface area contributed by atoms with Crippen molar-refractivity contribution in [2.45, 2.75) is 26.7 Å². The average molecular weight is 338 g/mol. The summed E-state index contributed by atoms with van der Waals surface area (Å²) in [5.41, 5.74) is 1.57. The number of benzene rings is 1. The van der Waals surface area contributed by atoms with Gasteiger partial charge in [0, 0.05) is 19.1 Å². The Morgan fingerprint density at radius 3 is 2.96 bits per heavy atom. The predicted molar refractivity (Wildman–Crippen MR) is 95.2 cm³/mol. The summed E-state index contributed by atoms with van der Waals surface area (Å²) in [5.74, 6) is 8.30. The SMILES string of the molecule is CCC(C)C#CC1=CC=C2Oc3cc(OCOC)ccc3CC2C1=O. The Morgan fingerprint density at radius 1 is 1.36 bits per heavy atom. The summed E-state index contributed by atoms with van der Waals surface area (Å²) in [6.45, 7) is 4.33. The first kappa shape index (κ1) is 17.3. The zero-order chi connectivity index (χ0) is 17.8. The molecule has 0 spiro atoms. The predicted octanol–water partition coefficient (Wildman–Crippen LogP) is 3.66. The van der Waals surface area contributed by atoms with Gasteiger partial charge in [-0.25, -0.2) is 0 Å². The summed E-state index contributed by atoms with van der Waals surface area (Å²) in [5, 5.41) is 0. The van der Waals surface area contributed by atoms with E-state index in [4.69, 9.17) is 14.2 Å². The topological polar surface area (TPSA) is 44.8 Å². The molecule has 0 fully saturated rings. The van der Waals surface area contributed by atoms with Gasteiger partial charge in [-0.05, 0) is 36.6 Å². The van der Waals surface area contributed by atoms with Gasteiger partial charge in [0.25, 0.3) is 0 Å². The first-order valence-corrected chi connectivity index (χ1v) is 8.52. The van der Waals surface area contributed by atoms with E-state index < -0.39 is 0 Å². The third kappa shape index (κ3) is 3.78. The fourth-order valence-electron chi connectivity index (χ4n) is 2.75. The highest BCUT2D eigenvalue weighted by atomic mass is 16.7. The van der Waals surface area contributed by atoms with Gasteiger partial charge in [-0.2, -0.15) is 0 Å². The second kappa shape index (κ2) is 7.58. The quantitative estimate of drug-likeness (QED) is 0.621. The molecule has 0 aromatic heterocycles. The van der Waals surface area contributed by atoms with Crippen molar-refractivity contribution in [1.29, 1.82) is 0 Å². The molecular weight excluding hydrogens is 316 g/mol. The van der Waals surface area contributed by atoms with Crippen LogP contribution in [0, 0.1) is 23.7 Å². The molecule has 1 heterocycles. The van der Waals surface area contributed by atoms with E-state index in [2.05, 4.69) is 25.7 Å². The highest BCUT2D eigenvalue weighted by Crippen LogP contribution is 2.38. The Labute approximate surface area is 148 Å². The molecule has 0 N–H and O–H groups in total. The molecule has 0 saturated carbocycles. The van der Waals surface area contributed by atoms with Crippen molar-refractivity contribution in [2.75, 3.05) is 13.9 Å². The zero-order valence-electron chi connectivity index (χ0n) is 14.8. The van der Waals surface area contributed by atoms with Gasteiger partial charge in [0.2, 0.25) is 0 Å². The maximum atomic E-state index is 12.7. The van der Waals surface area contributed by atoms with Crippen LogP contribution in [0.25, 0.3) is 0 Å². The standard InChI is InChI=1S/C21H22O4/c1-4-14(2)5-6-15-8-10-19-18(21(15)22)11-16-7-9-17(24-13-23-3)12-20(16)25-19/h7-10,12,14,18H,4,11,13H2,1-3H3. The van der Waals surface area contributed by atoms with E-state index in [0.29, 0.717) is 23.5 Å². The summed E-state index contributed by atoms with van der Waals surface area (Å²) >= 11 is 0. The number of carbonyl (C=O) groups excluding carboxylic acids is 1. The molecule has 2 aliphatic rings. The molecule has 2 unspecified atom stereocenters. The van der Waals surface area contributed by atoms with E-state index in [1.807, 2.05) is 24.3 Å². The zero-order valence-corrected chi connectivity index (χ0v) is 14.8. The molecule has 0 saturated heterocycles. The fourth-order valence-corrected chi connectivity index (χ4v) is 2.75. The number of fused-ring (bicyclic) bond motifs is 2. The number of Topliss-reactive ketones (excluding diaryl/α,β-unsaturated/α-hetero) is 1. The van der Waals surface area contributed by atoms with Crippen LogP contribution in [0.2, 0.25) is 0 Å². The highest BCUT2D eigenvalue weighted by Gasteiger charge is 2.34. The van der Waals surface area contributed by atoms with Crippen LogP contribution in [-0.4, -0.2) is 19.7 Å². The molecule has 1 aliphatic heterocycles. The van der Waals surface area contributed by atoms with Crippen LogP contribution < -0.4 is 9.47 Å². The van der Waals surface area contributed by atoms with Crippen molar-refractivity contribution in [3.05, 3.63) is 47.2 Å². The fraction of sp³-hybridized carbons (Fsp3) is 0.381. The lowest BCUT2D eigenvalue weighted by Gasteiger charge is -2.28. The van der Waals surface area contributed by atoms with Gasteiger partial charge in [-0.3, -0.25) is 4.79 Å². The number of hydrogen-bond donors (Lipinski definition) is 0. The molecule has 0 amide bonds. The van der Waals surface area contributed by atoms with Crippen molar-refractivity contribution < 1.29 is 19.0 Å². The Morgan fingerprint density at radius 2 is 2.20 bits per heavy atom. The monoisotopic (exact) mass is 338 g/mol. The first-order chi connectivity index (χ1) is 12.1. The average Bonchev–Trinajstić information content (AvgIpc) is 2.64. The second-order valence-corrected chi connectivity index (χ2v) is 6.27. The van der Waals surface area contributed by atoms with E-state index in [1.165, 1.54) is 0 Å². The number of methoxy groups -OCH3 is 1. The molecule has 4 nitrogen and oxygen atoms in total. The van der Waals surface area contributed by atoms with E-state index in [-0.39, 0.29) is 24.4 Å². The molecule has 0 bridgehead atoms. The van der Waals surface area contributed by atoms with E-state index in [1.54, 1.807) is 13.2 Å². The Kier molecular flexibility index (Phi) is 5.25. The van der Waals surface area contributed by atoms with E-state index in [0.717, 1.165) is 17.7 Å². The van der Waals surface area contributed by atoms with Crippen molar-refractivity contribution in [3.8, 4) is 23.3 Å². The maximum Gasteiger partial charge on any atom is 0.188 e. The van der Waals surface area contributed by atoms with Gasteiger partial charge in [0.15, 0.2) is 12.6 Å². The van der Waals surface area contributed by atoms with Crippen LogP contribution in [-0.2, 0) is 16.0 Å². The molecule has 2 atom stereocenters. The molecular formula is C21H22O4. The summed E-state index contributed by atoms with van der Waals surface area (Å²) in [6.07, 6.45) is 5.22. The summed E-state index contributed by atoms with van der Waals surface area (Å²) in [7, 11) is 1.58. The lowest BCUT2D eigenvalue weighted by atomic mass is 9.84. The third-order valence-electron chi connectivity index (χ3n) is 4.44. The van der Waals surface area contributed by atoms with Crippen LogP contribution in [0.15, 0.2) is 41.7 Å². The number of ketones is 1. The van der Waals surface area contributed by atoms with Gasteiger partial charge >= 0.3 is 0 Å². The molecule has 0 radical (unpaired) electrons. The van der Waals surface area contributed by atoms with Crippen LogP contribution in [0.3, 0.4) is 0 Å². The molecule has 25 heavy (non-hydrogen) atoms. The minimum absolute atomic E-state index is 0.0404. The number of ether oxygens (including phenoxy) is 3. The second-order valence-electron chi connectivity index (χ2n) is 6.27. The number of hydrogen-bond acceptors (Lipinski definition) is 4. The largest absolute Gasteiger partial charge is 0.467 e. The van der Waals surface area contributed by atoms with Crippen LogP contribution in [0.4, 0.5) is 0 Å². The third-order valence-corrected chi connectivity index (χ3v) is 4.44. The minimum atomic E-state index is -0.288. The van der Waals surface area contributed by atoms with Crippen LogP contribution >= 0.6 is 0 Å². The number of rotatable bonds is 4. The normalized spacial score (nSPS) is 19.3.